The van der Waals surface area contributed by atoms with Crippen LogP contribution in [0.5, 0.6) is 0 Å². The van der Waals surface area contributed by atoms with E-state index < -0.39 is 0 Å². The van der Waals surface area contributed by atoms with Gasteiger partial charge in [-0.1, -0.05) is 35.0 Å². The lowest BCUT2D eigenvalue weighted by atomic mass is 10.1. The minimum Gasteiger partial charge on any atom is -0.334 e. The van der Waals surface area contributed by atoms with Crippen molar-refractivity contribution < 1.29 is 4.52 Å². The molecule has 3 nitrogen and oxygen atoms in total. The minimum atomic E-state index is 0.531. The van der Waals surface area contributed by atoms with Gasteiger partial charge in [-0.05, 0) is 42.8 Å². The van der Waals surface area contributed by atoms with Crippen molar-refractivity contribution in [3.05, 3.63) is 59.1 Å². The molecule has 3 rings (SSSR count). The van der Waals surface area contributed by atoms with Gasteiger partial charge in [-0.3, -0.25) is 0 Å². The lowest BCUT2D eigenvalue weighted by Crippen LogP contribution is -1.83. The molecule has 2 aromatic carbocycles. The zero-order valence-corrected chi connectivity index (χ0v) is 11.1. The summed E-state index contributed by atoms with van der Waals surface area (Å²) in [5.74, 6) is 1.10. The molecule has 0 bridgehead atoms. The van der Waals surface area contributed by atoms with Crippen LogP contribution in [0.4, 0.5) is 0 Å². The second-order valence-corrected chi connectivity index (χ2v) is 4.68. The maximum Gasteiger partial charge on any atom is 0.258 e. The van der Waals surface area contributed by atoms with E-state index in [9.17, 15) is 0 Å². The van der Waals surface area contributed by atoms with Crippen molar-refractivity contribution in [3.63, 3.8) is 0 Å². The molecule has 0 radical (unpaired) electrons. The van der Waals surface area contributed by atoms with Crippen LogP contribution in [0.3, 0.4) is 0 Å². The normalized spacial score (nSPS) is 10.6. The number of nitrogens with zero attached hydrogens (tertiary/aromatic N) is 2. The summed E-state index contributed by atoms with van der Waals surface area (Å²) in [5, 5.41) is 4.69. The first kappa shape index (κ1) is 11.9. The van der Waals surface area contributed by atoms with E-state index in [-0.39, 0.29) is 0 Å². The van der Waals surface area contributed by atoms with Gasteiger partial charge in [0.15, 0.2) is 0 Å². The Hall–Kier alpha value is -2.13. The zero-order valence-electron chi connectivity index (χ0n) is 10.3. The highest BCUT2D eigenvalue weighted by atomic mass is 35.5. The molecule has 0 saturated heterocycles. The molecule has 0 aliphatic rings. The lowest BCUT2D eigenvalue weighted by molar-refractivity contribution is 0.432. The molecule has 0 amide bonds. The van der Waals surface area contributed by atoms with Crippen LogP contribution in [-0.2, 0) is 0 Å². The topological polar surface area (TPSA) is 38.9 Å². The first-order valence-corrected chi connectivity index (χ1v) is 6.27. The van der Waals surface area contributed by atoms with Gasteiger partial charge in [-0.2, -0.15) is 4.98 Å². The summed E-state index contributed by atoms with van der Waals surface area (Å²) in [5.41, 5.74) is 2.94. The van der Waals surface area contributed by atoms with Crippen LogP contribution >= 0.6 is 11.6 Å². The zero-order chi connectivity index (χ0) is 13.2. The number of rotatable bonds is 2. The monoisotopic (exact) mass is 270 g/mol. The lowest BCUT2D eigenvalue weighted by Gasteiger charge is -1.98. The fraction of sp³-hybridized carbons (Fsp3) is 0.0667. The number of aromatic nitrogens is 2. The summed E-state index contributed by atoms with van der Waals surface area (Å²) in [7, 11) is 0. The second-order valence-electron chi connectivity index (χ2n) is 4.24. The molecular formula is C15H11ClN2O. The summed E-state index contributed by atoms with van der Waals surface area (Å²) in [6.45, 7) is 2.02. The molecule has 0 fully saturated rings. The van der Waals surface area contributed by atoms with Crippen LogP contribution in [0, 0.1) is 6.92 Å². The molecule has 0 atom stereocenters. The summed E-state index contributed by atoms with van der Waals surface area (Å²) >= 11 is 5.86. The van der Waals surface area contributed by atoms with Gasteiger partial charge in [0.1, 0.15) is 0 Å². The standard InChI is InChI=1S/C15H11ClN2O/c1-10-4-2-3-5-13(10)15-17-14(18-19-15)11-6-8-12(16)9-7-11/h2-9H,1H3. The Morgan fingerprint density at radius 3 is 2.47 bits per heavy atom. The fourth-order valence-corrected chi connectivity index (χ4v) is 1.99. The molecule has 1 aromatic heterocycles. The van der Waals surface area contributed by atoms with Crippen molar-refractivity contribution in [1.29, 1.82) is 0 Å². The van der Waals surface area contributed by atoms with Crippen LogP contribution in [0.1, 0.15) is 5.56 Å². The van der Waals surface area contributed by atoms with E-state index >= 15 is 0 Å². The van der Waals surface area contributed by atoms with Crippen molar-refractivity contribution in [2.24, 2.45) is 0 Å². The number of benzene rings is 2. The van der Waals surface area contributed by atoms with Crippen LogP contribution in [0.15, 0.2) is 53.1 Å². The number of hydrogen-bond donors (Lipinski definition) is 0. The average molecular weight is 271 g/mol. The number of hydrogen-bond acceptors (Lipinski definition) is 3. The first-order chi connectivity index (χ1) is 9.24. The minimum absolute atomic E-state index is 0.531. The van der Waals surface area contributed by atoms with Crippen LogP contribution in [0.2, 0.25) is 5.02 Å². The van der Waals surface area contributed by atoms with Gasteiger partial charge in [0.05, 0.1) is 0 Å². The highest BCUT2D eigenvalue weighted by Gasteiger charge is 2.11. The van der Waals surface area contributed by atoms with Crippen molar-refractivity contribution in [2.75, 3.05) is 0 Å². The van der Waals surface area contributed by atoms with E-state index in [1.54, 1.807) is 12.1 Å². The second kappa shape index (κ2) is 4.86. The van der Waals surface area contributed by atoms with E-state index in [4.69, 9.17) is 16.1 Å². The summed E-state index contributed by atoms with van der Waals surface area (Å²) in [6.07, 6.45) is 0. The average Bonchev–Trinajstić information content (AvgIpc) is 2.89. The van der Waals surface area contributed by atoms with Crippen molar-refractivity contribution in [2.45, 2.75) is 6.92 Å². The molecule has 0 unspecified atom stereocenters. The van der Waals surface area contributed by atoms with Gasteiger partial charge in [0.25, 0.3) is 5.89 Å². The van der Waals surface area contributed by atoms with Crippen molar-refractivity contribution >= 4 is 11.6 Å². The Balaban J connectivity index is 2.00. The smallest absolute Gasteiger partial charge is 0.258 e. The van der Waals surface area contributed by atoms with E-state index in [1.165, 1.54) is 0 Å². The Labute approximate surface area is 115 Å². The SMILES string of the molecule is Cc1ccccc1-c1nc(-c2ccc(Cl)cc2)no1. The highest BCUT2D eigenvalue weighted by Crippen LogP contribution is 2.25. The molecule has 3 aromatic rings. The number of aryl methyl sites for hydroxylation is 1. The molecule has 0 aliphatic heterocycles. The maximum absolute atomic E-state index is 5.86. The third-order valence-corrected chi connectivity index (χ3v) is 3.16. The van der Waals surface area contributed by atoms with Gasteiger partial charge < -0.3 is 4.52 Å². The van der Waals surface area contributed by atoms with Crippen LogP contribution in [0.25, 0.3) is 22.8 Å². The quantitative estimate of drug-likeness (QED) is 0.694. The predicted octanol–water partition coefficient (Wildman–Crippen LogP) is 4.37. The predicted molar refractivity (Wildman–Crippen MR) is 74.9 cm³/mol. The Morgan fingerprint density at radius 2 is 1.74 bits per heavy atom. The summed E-state index contributed by atoms with van der Waals surface area (Å²) in [4.78, 5) is 4.42. The third kappa shape index (κ3) is 2.37. The Bertz CT molecular complexity index is 704. The fourth-order valence-electron chi connectivity index (χ4n) is 1.86. The van der Waals surface area contributed by atoms with Crippen molar-refractivity contribution in [3.8, 4) is 22.8 Å². The van der Waals surface area contributed by atoms with Gasteiger partial charge in [-0.25, -0.2) is 0 Å². The molecule has 1 heterocycles. The molecule has 4 heteroatoms. The molecular weight excluding hydrogens is 260 g/mol. The van der Waals surface area contributed by atoms with Crippen LogP contribution < -0.4 is 0 Å². The van der Waals surface area contributed by atoms with Crippen molar-refractivity contribution in [1.82, 2.24) is 10.1 Å². The first-order valence-electron chi connectivity index (χ1n) is 5.90. The summed E-state index contributed by atoms with van der Waals surface area (Å²) in [6, 6.07) is 15.3. The molecule has 0 spiro atoms. The molecule has 0 saturated carbocycles. The van der Waals surface area contributed by atoms with E-state index in [0.29, 0.717) is 16.7 Å². The van der Waals surface area contributed by atoms with Crippen LogP contribution in [-0.4, -0.2) is 10.1 Å². The van der Waals surface area contributed by atoms with Gasteiger partial charge in [0.2, 0.25) is 5.82 Å². The van der Waals surface area contributed by atoms with E-state index in [2.05, 4.69) is 10.1 Å². The molecule has 94 valence electrons. The molecule has 19 heavy (non-hydrogen) atoms. The molecule has 0 aliphatic carbocycles. The van der Waals surface area contributed by atoms with Gasteiger partial charge >= 0.3 is 0 Å². The van der Waals surface area contributed by atoms with E-state index in [0.717, 1.165) is 16.7 Å². The largest absolute Gasteiger partial charge is 0.334 e. The number of halogens is 1. The third-order valence-electron chi connectivity index (χ3n) is 2.90. The maximum atomic E-state index is 5.86. The highest BCUT2D eigenvalue weighted by molar-refractivity contribution is 6.30. The van der Waals surface area contributed by atoms with Gasteiger partial charge in [-0.15, -0.1) is 0 Å². The molecule has 0 N–H and O–H groups in total. The Morgan fingerprint density at radius 1 is 1.00 bits per heavy atom. The van der Waals surface area contributed by atoms with Gasteiger partial charge in [0, 0.05) is 16.1 Å². The summed E-state index contributed by atoms with van der Waals surface area (Å²) < 4.78 is 5.32. The van der Waals surface area contributed by atoms with E-state index in [1.807, 2.05) is 43.3 Å². The Kier molecular flexibility index (Phi) is 3.05.